The van der Waals surface area contributed by atoms with Gasteiger partial charge in [-0.05, 0) is 64.4 Å². The van der Waals surface area contributed by atoms with Gasteiger partial charge in [0.25, 0.3) is 11.8 Å². The average molecular weight is 495 g/mol. The lowest BCUT2D eigenvalue weighted by molar-refractivity contribution is -0.140. The maximum atomic E-state index is 12.8. The molecule has 2 aromatic carbocycles. The predicted octanol–water partition coefficient (Wildman–Crippen LogP) is 4.49. The summed E-state index contributed by atoms with van der Waals surface area (Å²) >= 11 is 3.55. The van der Waals surface area contributed by atoms with Gasteiger partial charge in [0.1, 0.15) is 6.61 Å². The van der Waals surface area contributed by atoms with E-state index >= 15 is 0 Å². The van der Waals surface area contributed by atoms with Gasteiger partial charge < -0.3 is 9.47 Å². The number of amides is 2. The van der Waals surface area contributed by atoms with Crippen molar-refractivity contribution in [1.82, 2.24) is 5.01 Å². The van der Waals surface area contributed by atoms with Gasteiger partial charge in [-0.2, -0.15) is 10.1 Å². The molecule has 2 aromatic rings. The Hall–Kier alpha value is -2.93. The monoisotopic (exact) mass is 494 g/mol. The van der Waals surface area contributed by atoms with E-state index in [1.54, 1.807) is 13.2 Å². The van der Waals surface area contributed by atoms with Crippen molar-refractivity contribution in [3.63, 3.8) is 0 Å². The van der Waals surface area contributed by atoms with Crippen LogP contribution in [0.15, 0.2) is 58.1 Å². The highest BCUT2D eigenvalue weighted by atomic mass is 79.9. The Morgan fingerprint density at radius 1 is 1.12 bits per heavy atom. The van der Waals surface area contributed by atoms with Gasteiger partial charge in [-0.1, -0.05) is 42.0 Å². The molecule has 0 radical (unpaired) electrons. The molecule has 2 fully saturated rings. The van der Waals surface area contributed by atoms with E-state index in [9.17, 15) is 9.59 Å². The van der Waals surface area contributed by atoms with E-state index in [0.29, 0.717) is 28.1 Å². The quantitative estimate of drug-likeness (QED) is 0.337. The fraction of sp³-hybridized carbons (Fsp3) is 0.320. The van der Waals surface area contributed by atoms with Crippen LogP contribution in [-0.2, 0) is 16.2 Å². The Morgan fingerprint density at radius 3 is 2.50 bits per heavy atom. The summed E-state index contributed by atoms with van der Waals surface area (Å²) in [7, 11) is 1.57. The molecule has 32 heavy (non-hydrogen) atoms. The topological polar surface area (TPSA) is 68.2 Å². The molecule has 1 aliphatic heterocycles. The Kier molecular flexibility index (Phi) is 5.37. The maximum Gasteiger partial charge on any atom is 0.254 e. The number of fused-ring (bicyclic) bond motifs is 5. The van der Waals surface area contributed by atoms with Crippen molar-refractivity contribution in [3.8, 4) is 11.5 Å². The number of allylic oxidation sites excluding steroid dienone is 2. The van der Waals surface area contributed by atoms with Gasteiger partial charge in [0.15, 0.2) is 11.5 Å². The van der Waals surface area contributed by atoms with Crippen LogP contribution in [0.4, 0.5) is 0 Å². The molecule has 5 rings (SSSR count). The molecule has 6 nitrogen and oxygen atoms in total. The van der Waals surface area contributed by atoms with Crippen molar-refractivity contribution in [2.45, 2.75) is 20.0 Å². The van der Waals surface area contributed by atoms with Crippen LogP contribution in [0.5, 0.6) is 11.5 Å². The molecule has 2 aliphatic carbocycles. The predicted molar refractivity (Wildman–Crippen MR) is 123 cm³/mol. The standard InChI is InChI=1S/C25H23BrN2O4/c1-14-4-3-5-15(8-14)13-32-23-19(26)9-16(10-20(23)31-2)12-27-28-24(29)21-17-6-7-18(11-17)22(21)25(28)30/h3-10,12,17-18,21-22H,11,13H2,1-2H3/t17-,18-,21-,22+/m0/s1. The number of halogens is 1. The van der Waals surface area contributed by atoms with Gasteiger partial charge in [0.05, 0.1) is 29.6 Å². The summed E-state index contributed by atoms with van der Waals surface area (Å²) in [6.45, 7) is 2.44. The third-order valence-corrected chi connectivity index (χ3v) is 7.08. The Balaban J connectivity index is 1.33. The molecule has 2 bridgehead atoms. The zero-order valence-corrected chi connectivity index (χ0v) is 19.4. The fourth-order valence-electron chi connectivity index (χ4n) is 5.04. The van der Waals surface area contributed by atoms with E-state index in [-0.39, 0.29) is 35.5 Å². The van der Waals surface area contributed by atoms with Crippen molar-refractivity contribution in [3.05, 3.63) is 69.7 Å². The number of hydrogen-bond donors (Lipinski definition) is 0. The summed E-state index contributed by atoms with van der Waals surface area (Å²) in [6, 6.07) is 11.7. The van der Waals surface area contributed by atoms with Crippen molar-refractivity contribution >= 4 is 34.0 Å². The third-order valence-electron chi connectivity index (χ3n) is 6.49. The SMILES string of the molecule is COc1cc(C=NN2C(=O)[C@@H]3[C@H](C2=O)[C@H]2C=C[C@H]3C2)cc(Br)c1OCc1cccc(C)c1. The highest BCUT2D eigenvalue weighted by Crippen LogP contribution is 2.52. The lowest BCUT2D eigenvalue weighted by atomic mass is 9.85. The van der Waals surface area contributed by atoms with Crippen LogP contribution in [0.25, 0.3) is 0 Å². The molecule has 0 N–H and O–H groups in total. The molecule has 0 unspecified atom stereocenters. The first-order chi connectivity index (χ1) is 15.5. The first-order valence-electron chi connectivity index (χ1n) is 10.6. The zero-order valence-electron chi connectivity index (χ0n) is 17.8. The van der Waals surface area contributed by atoms with Crippen LogP contribution in [-0.4, -0.2) is 30.1 Å². The molecule has 0 aromatic heterocycles. The van der Waals surface area contributed by atoms with Crippen LogP contribution < -0.4 is 9.47 Å². The van der Waals surface area contributed by atoms with Gasteiger partial charge in [-0.15, -0.1) is 0 Å². The van der Waals surface area contributed by atoms with Crippen LogP contribution in [0, 0.1) is 30.6 Å². The largest absolute Gasteiger partial charge is 0.493 e. The first kappa shape index (κ1) is 20.9. The van der Waals surface area contributed by atoms with Gasteiger partial charge in [-0.3, -0.25) is 9.59 Å². The number of imide groups is 1. The fourth-order valence-corrected chi connectivity index (χ4v) is 5.61. The number of carbonyl (C=O) groups excluding carboxylic acids is 2. The van der Waals surface area contributed by atoms with E-state index < -0.39 is 0 Å². The highest BCUT2D eigenvalue weighted by molar-refractivity contribution is 9.10. The highest BCUT2D eigenvalue weighted by Gasteiger charge is 2.59. The van der Waals surface area contributed by atoms with Crippen molar-refractivity contribution in [2.24, 2.45) is 28.8 Å². The third kappa shape index (κ3) is 3.54. The Labute approximate surface area is 195 Å². The van der Waals surface area contributed by atoms with Crippen molar-refractivity contribution in [1.29, 1.82) is 0 Å². The van der Waals surface area contributed by atoms with E-state index in [4.69, 9.17) is 9.47 Å². The van der Waals surface area contributed by atoms with E-state index in [2.05, 4.69) is 39.2 Å². The summed E-state index contributed by atoms with van der Waals surface area (Å²) in [5.41, 5.74) is 2.92. The van der Waals surface area contributed by atoms with Gasteiger partial charge in [0, 0.05) is 0 Å². The molecule has 7 heteroatoms. The summed E-state index contributed by atoms with van der Waals surface area (Å²) in [5, 5.41) is 5.29. The van der Waals surface area contributed by atoms with Gasteiger partial charge in [0.2, 0.25) is 0 Å². The zero-order chi connectivity index (χ0) is 22.4. The molecule has 2 amide bonds. The van der Waals surface area contributed by atoms with Crippen molar-refractivity contribution < 1.29 is 19.1 Å². The van der Waals surface area contributed by atoms with Gasteiger partial charge in [-0.25, -0.2) is 0 Å². The number of aryl methyl sites for hydroxylation is 1. The molecule has 1 heterocycles. The molecule has 4 atom stereocenters. The number of benzene rings is 2. The minimum absolute atomic E-state index is 0.167. The summed E-state index contributed by atoms with van der Waals surface area (Å²) < 4.78 is 12.2. The van der Waals surface area contributed by atoms with Gasteiger partial charge >= 0.3 is 0 Å². The van der Waals surface area contributed by atoms with Crippen LogP contribution in [0.3, 0.4) is 0 Å². The average Bonchev–Trinajstić information content (AvgIpc) is 3.45. The number of rotatable bonds is 6. The van der Waals surface area contributed by atoms with E-state index in [0.717, 1.165) is 17.0 Å². The number of nitrogens with zero attached hydrogens (tertiary/aromatic N) is 2. The molecule has 3 aliphatic rings. The normalized spacial score (nSPS) is 25.8. The van der Waals surface area contributed by atoms with Crippen LogP contribution >= 0.6 is 15.9 Å². The van der Waals surface area contributed by atoms with E-state index in [1.807, 2.05) is 31.2 Å². The molecule has 1 saturated heterocycles. The molecular weight excluding hydrogens is 472 g/mol. The second-order valence-electron chi connectivity index (χ2n) is 8.54. The molecular formula is C25H23BrN2O4. The smallest absolute Gasteiger partial charge is 0.254 e. The van der Waals surface area contributed by atoms with Crippen LogP contribution in [0.2, 0.25) is 0 Å². The number of hydrazone groups is 1. The lowest BCUT2D eigenvalue weighted by Crippen LogP contribution is -2.28. The molecule has 0 spiro atoms. The minimum atomic E-state index is -0.256. The maximum absolute atomic E-state index is 12.8. The lowest BCUT2D eigenvalue weighted by Gasteiger charge is -2.14. The summed E-state index contributed by atoms with van der Waals surface area (Å²) in [5.74, 6) is 0.542. The van der Waals surface area contributed by atoms with Crippen LogP contribution in [0.1, 0.15) is 23.1 Å². The Bertz CT molecular complexity index is 1130. The second kappa shape index (κ2) is 8.20. The minimum Gasteiger partial charge on any atom is -0.493 e. The Morgan fingerprint density at radius 2 is 1.84 bits per heavy atom. The number of ether oxygens (including phenoxy) is 2. The molecule has 164 valence electrons. The van der Waals surface area contributed by atoms with Crippen molar-refractivity contribution in [2.75, 3.05) is 7.11 Å². The first-order valence-corrected chi connectivity index (χ1v) is 11.4. The molecule has 1 saturated carbocycles. The number of hydrogen-bond acceptors (Lipinski definition) is 5. The van der Waals surface area contributed by atoms with E-state index in [1.165, 1.54) is 11.8 Å². The summed E-state index contributed by atoms with van der Waals surface area (Å²) in [4.78, 5) is 25.6. The number of carbonyl (C=O) groups is 2. The summed E-state index contributed by atoms with van der Waals surface area (Å²) in [6.07, 6.45) is 6.56. The number of methoxy groups -OCH3 is 1. The second-order valence-corrected chi connectivity index (χ2v) is 9.40.